The van der Waals surface area contributed by atoms with Crippen molar-refractivity contribution in [1.29, 1.82) is 0 Å². The van der Waals surface area contributed by atoms with E-state index in [1.54, 1.807) is 24.3 Å². The van der Waals surface area contributed by atoms with Crippen molar-refractivity contribution in [2.24, 2.45) is 0 Å². The number of aryl methyl sites for hydroxylation is 1. The van der Waals surface area contributed by atoms with Crippen molar-refractivity contribution in [3.05, 3.63) is 41.7 Å². The van der Waals surface area contributed by atoms with Gasteiger partial charge >= 0.3 is 5.97 Å². The monoisotopic (exact) mass is 258 g/mol. The van der Waals surface area contributed by atoms with E-state index in [0.29, 0.717) is 6.54 Å². The van der Waals surface area contributed by atoms with E-state index in [2.05, 4.69) is 4.98 Å². The molecule has 0 radical (unpaired) electrons. The Bertz CT molecular complexity index is 616. The maximum absolute atomic E-state index is 10.8. The molecule has 5 heteroatoms. The lowest BCUT2D eigenvalue weighted by Gasteiger charge is -2.21. The molecule has 0 spiro atoms. The van der Waals surface area contributed by atoms with Crippen molar-refractivity contribution in [1.82, 2.24) is 9.55 Å². The van der Waals surface area contributed by atoms with Crippen LogP contribution < -0.4 is 0 Å². The van der Waals surface area contributed by atoms with Crippen LogP contribution >= 0.6 is 0 Å². The molecule has 1 atom stereocenters. The number of carboxylic acids is 1. The Kier molecular flexibility index (Phi) is 2.83. The third-order valence-corrected chi connectivity index (χ3v) is 3.46. The predicted octanol–water partition coefficient (Wildman–Crippen LogP) is 1.56. The molecule has 0 bridgehead atoms. The van der Waals surface area contributed by atoms with E-state index in [4.69, 9.17) is 5.11 Å². The number of rotatable bonds is 2. The molecule has 1 aliphatic rings. The molecule has 2 aromatic rings. The summed E-state index contributed by atoms with van der Waals surface area (Å²) < 4.78 is 2.00. The minimum Gasteiger partial charge on any atom is -0.478 e. The van der Waals surface area contributed by atoms with Crippen LogP contribution in [-0.4, -0.2) is 31.8 Å². The fourth-order valence-corrected chi connectivity index (χ4v) is 2.42. The van der Waals surface area contributed by atoms with Crippen LogP contribution in [0.25, 0.3) is 11.4 Å². The summed E-state index contributed by atoms with van der Waals surface area (Å²) in [6.45, 7) is 0.547. The minimum atomic E-state index is -0.938. The van der Waals surface area contributed by atoms with Crippen molar-refractivity contribution in [2.45, 2.75) is 25.5 Å². The van der Waals surface area contributed by atoms with Crippen LogP contribution in [0.1, 0.15) is 22.5 Å². The molecule has 5 nitrogen and oxygen atoms in total. The van der Waals surface area contributed by atoms with E-state index in [1.807, 2.05) is 10.8 Å². The van der Waals surface area contributed by atoms with E-state index in [-0.39, 0.29) is 11.7 Å². The summed E-state index contributed by atoms with van der Waals surface area (Å²) in [6.07, 6.45) is 3.08. The van der Waals surface area contributed by atoms with Crippen LogP contribution in [0.4, 0.5) is 0 Å². The third kappa shape index (κ3) is 2.13. The van der Waals surface area contributed by atoms with Gasteiger partial charge in [-0.2, -0.15) is 0 Å². The topological polar surface area (TPSA) is 75.3 Å². The average Bonchev–Trinajstić information content (AvgIpc) is 2.81. The molecule has 1 aromatic heterocycles. The van der Waals surface area contributed by atoms with E-state index in [0.717, 1.165) is 29.9 Å². The summed E-state index contributed by atoms with van der Waals surface area (Å²) in [5.41, 5.74) is 2.24. The molecule has 19 heavy (non-hydrogen) atoms. The van der Waals surface area contributed by atoms with Crippen molar-refractivity contribution >= 4 is 5.97 Å². The Hall–Kier alpha value is -2.14. The van der Waals surface area contributed by atoms with Crippen molar-refractivity contribution in [3.63, 3.8) is 0 Å². The lowest BCUT2D eigenvalue weighted by molar-refractivity contribution is 0.0697. The molecule has 0 fully saturated rings. The number of nitrogens with zero attached hydrogens (tertiary/aromatic N) is 2. The number of aliphatic hydroxyl groups excluding tert-OH is 1. The van der Waals surface area contributed by atoms with Gasteiger partial charge in [0, 0.05) is 17.5 Å². The lowest BCUT2D eigenvalue weighted by Crippen LogP contribution is -2.24. The number of imidazole rings is 1. The molecule has 1 unspecified atom stereocenters. The highest BCUT2D eigenvalue weighted by molar-refractivity contribution is 5.88. The molecule has 2 heterocycles. The summed E-state index contributed by atoms with van der Waals surface area (Å²) in [7, 11) is 0. The highest BCUT2D eigenvalue weighted by Crippen LogP contribution is 2.24. The van der Waals surface area contributed by atoms with Crippen LogP contribution in [0, 0.1) is 0 Å². The minimum absolute atomic E-state index is 0.259. The predicted molar refractivity (Wildman–Crippen MR) is 69.0 cm³/mol. The van der Waals surface area contributed by atoms with E-state index in [9.17, 15) is 9.90 Å². The molecule has 1 aliphatic heterocycles. The Balaban J connectivity index is 1.98. The summed E-state index contributed by atoms with van der Waals surface area (Å²) in [6, 6.07) is 6.64. The molecule has 2 N–H and O–H groups in total. The number of fused-ring (bicyclic) bond motifs is 1. The van der Waals surface area contributed by atoms with E-state index >= 15 is 0 Å². The molecule has 1 aromatic carbocycles. The van der Waals surface area contributed by atoms with Gasteiger partial charge in [0.2, 0.25) is 0 Å². The molecule has 0 aliphatic carbocycles. The smallest absolute Gasteiger partial charge is 0.335 e. The number of aromatic carboxylic acids is 1. The summed E-state index contributed by atoms with van der Waals surface area (Å²) in [4.78, 5) is 15.2. The zero-order valence-corrected chi connectivity index (χ0v) is 10.3. The van der Waals surface area contributed by atoms with E-state index < -0.39 is 5.97 Å². The molecular weight excluding hydrogens is 244 g/mol. The maximum Gasteiger partial charge on any atom is 0.335 e. The molecule has 0 saturated carbocycles. The second-order valence-corrected chi connectivity index (χ2v) is 4.76. The number of hydrogen-bond donors (Lipinski definition) is 2. The van der Waals surface area contributed by atoms with Crippen LogP contribution in [0.2, 0.25) is 0 Å². The first-order valence-electron chi connectivity index (χ1n) is 6.21. The lowest BCUT2D eigenvalue weighted by atomic mass is 10.1. The van der Waals surface area contributed by atoms with Crippen molar-refractivity contribution in [2.75, 3.05) is 0 Å². The molecular formula is C14H14N2O3. The molecule has 98 valence electrons. The van der Waals surface area contributed by atoms with Gasteiger partial charge in [-0.3, -0.25) is 0 Å². The van der Waals surface area contributed by atoms with Crippen molar-refractivity contribution in [3.8, 4) is 11.4 Å². The maximum atomic E-state index is 10.8. The van der Waals surface area contributed by atoms with Gasteiger partial charge in [-0.15, -0.1) is 0 Å². The Morgan fingerprint density at radius 2 is 2.05 bits per heavy atom. The quantitative estimate of drug-likeness (QED) is 0.857. The molecule has 0 amide bonds. The largest absolute Gasteiger partial charge is 0.478 e. The highest BCUT2D eigenvalue weighted by Gasteiger charge is 2.20. The van der Waals surface area contributed by atoms with Gasteiger partial charge in [0.1, 0.15) is 5.82 Å². The van der Waals surface area contributed by atoms with Gasteiger partial charge in [0.05, 0.1) is 18.2 Å². The Morgan fingerprint density at radius 3 is 2.74 bits per heavy atom. The van der Waals surface area contributed by atoms with Crippen LogP contribution in [-0.2, 0) is 13.0 Å². The van der Waals surface area contributed by atoms with Gasteiger partial charge in [-0.05, 0) is 25.0 Å². The SMILES string of the molecule is O=C(O)c1ccc(-c2ncc3n2CC(O)CC3)cc1. The second-order valence-electron chi connectivity index (χ2n) is 4.76. The zero-order valence-electron chi connectivity index (χ0n) is 10.3. The number of aliphatic hydroxyl groups is 1. The Morgan fingerprint density at radius 1 is 1.32 bits per heavy atom. The summed E-state index contributed by atoms with van der Waals surface area (Å²) in [5.74, 6) is -0.155. The van der Waals surface area contributed by atoms with Crippen LogP contribution in [0.15, 0.2) is 30.5 Å². The molecule has 0 saturated heterocycles. The standard InChI is InChI=1S/C14H14N2O3/c17-12-6-5-11-7-15-13(16(11)8-12)9-1-3-10(4-2-9)14(18)19/h1-4,7,12,17H,5-6,8H2,(H,18,19). The number of benzene rings is 1. The number of carbonyl (C=O) groups is 1. The van der Waals surface area contributed by atoms with Crippen LogP contribution in [0.3, 0.4) is 0 Å². The number of hydrogen-bond acceptors (Lipinski definition) is 3. The fraction of sp³-hybridized carbons (Fsp3) is 0.286. The second kappa shape index (κ2) is 4.51. The number of carboxylic acid groups (broad SMARTS) is 1. The summed E-state index contributed by atoms with van der Waals surface area (Å²) >= 11 is 0. The highest BCUT2D eigenvalue weighted by atomic mass is 16.4. The normalized spacial score (nSPS) is 18.1. The van der Waals surface area contributed by atoms with Crippen molar-refractivity contribution < 1.29 is 15.0 Å². The van der Waals surface area contributed by atoms with Gasteiger partial charge in [-0.25, -0.2) is 9.78 Å². The first kappa shape index (κ1) is 11.9. The zero-order chi connectivity index (χ0) is 13.4. The third-order valence-electron chi connectivity index (χ3n) is 3.46. The van der Waals surface area contributed by atoms with Gasteiger partial charge < -0.3 is 14.8 Å². The van der Waals surface area contributed by atoms with Gasteiger partial charge in [-0.1, -0.05) is 12.1 Å². The van der Waals surface area contributed by atoms with Crippen LogP contribution in [0.5, 0.6) is 0 Å². The number of aromatic nitrogens is 2. The molecule has 3 rings (SSSR count). The van der Waals surface area contributed by atoms with E-state index in [1.165, 1.54) is 0 Å². The summed E-state index contributed by atoms with van der Waals surface area (Å²) in [5, 5.41) is 18.6. The van der Waals surface area contributed by atoms with Gasteiger partial charge in [0.25, 0.3) is 0 Å². The Labute approximate surface area is 110 Å². The first-order valence-corrected chi connectivity index (χ1v) is 6.21. The fourth-order valence-electron chi connectivity index (χ4n) is 2.42. The van der Waals surface area contributed by atoms with Gasteiger partial charge in [0.15, 0.2) is 0 Å². The average molecular weight is 258 g/mol. The first-order chi connectivity index (χ1) is 9.15.